The number of benzene rings is 2. The Morgan fingerprint density at radius 3 is 1.25 bits per heavy atom. The largest absolute Gasteiger partial charge is 0.358 e. The molecule has 2 atom stereocenters. The second-order valence-electron chi connectivity index (χ2n) is 6.50. The molecule has 2 unspecified atom stereocenters. The lowest BCUT2D eigenvalue weighted by molar-refractivity contribution is 0.256. The summed E-state index contributed by atoms with van der Waals surface area (Å²) in [6, 6.07) is 16.8. The maximum Gasteiger partial charge on any atom is 0.358 e. The van der Waals surface area contributed by atoms with Gasteiger partial charge in [0.15, 0.2) is 0 Å². The van der Waals surface area contributed by atoms with Gasteiger partial charge in [-0.2, -0.15) is 0 Å². The third-order valence-electron chi connectivity index (χ3n) is 4.24. The van der Waals surface area contributed by atoms with E-state index in [9.17, 15) is 18.9 Å². The van der Waals surface area contributed by atoms with E-state index in [1.165, 1.54) is 0 Å². The van der Waals surface area contributed by atoms with Crippen LogP contribution in [0.5, 0.6) is 0 Å². The lowest BCUT2D eigenvalue weighted by Crippen LogP contribution is -2.07. The summed E-state index contributed by atoms with van der Waals surface area (Å²) in [6.45, 7) is 0.493. The Morgan fingerprint density at radius 1 is 0.571 bits per heavy atom. The van der Waals surface area contributed by atoms with E-state index in [2.05, 4.69) is 0 Å². The van der Waals surface area contributed by atoms with Crippen molar-refractivity contribution < 1.29 is 28.0 Å². The van der Waals surface area contributed by atoms with Gasteiger partial charge in [0, 0.05) is 0 Å². The van der Waals surface area contributed by atoms with Gasteiger partial charge in [-0.05, 0) is 37.1 Å². The molecule has 2 N–H and O–H groups in total. The van der Waals surface area contributed by atoms with Gasteiger partial charge in [-0.3, -0.25) is 9.13 Å². The topological polar surface area (TPSA) is 93.1 Å². The molecule has 0 spiro atoms. The van der Waals surface area contributed by atoms with Crippen molar-refractivity contribution in [3.63, 3.8) is 0 Å². The first-order valence-corrected chi connectivity index (χ1v) is 12.6. The minimum absolute atomic E-state index is 0.247. The highest BCUT2D eigenvalue weighted by molar-refractivity contribution is 7.61. The quantitative estimate of drug-likeness (QED) is 0.365. The van der Waals surface area contributed by atoms with Gasteiger partial charge in [0.2, 0.25) is 0 Å². The molecule has 0 aliphatic rings. The Morgan fingerprint density at radius 2 is 0.893 bits per heavy atom. The SMILES string of the molecule is O=P(O)(OCCCCCCCCOP(=O)(O)c1ccccc1)c1ccccc1. The molecule has 154 valence electrons. The van der Waals surface area contributed by atoms with E-state index in [0.717, 1.165) is 25.7 Å². The first-order chi connectivity index (χ1) is 13.4. The van der Waals surface area contributed by atoms with Crippen molar-refractivity contribution in [1.82, 2.24) is 0 Å². The summed E-state index contributed by atoms with van der Waals surface area (Å²) in [5, 5.41) is 0.623. The van der Waals surface area contributed by atoms with Gasteiger partial charge < -0.3 is 18.8 Å². The van der Waals surface area contributed by atoms with Crippen LogP contribution in [0.25, 0.3) is 0 Å². The van der Waals surface area contributed by atoms with Crippen molar-refractivity contribution in [2.75, 3.05) is 13.2 Å². The second kappa shape index (κ2) is 11.7. The molecule has 2 aromatic carbocycles. The molecule has 6 nitrogen and oxygen atoms in total. The van der Waals surface area contributed by atoms with E-state index in [-0.39, 0.29) is 13.2 Å². The Bertz CT molecular complexity index is 714. The zero-order valence-corrected chi connectivity index (χ0v) is 17.6. The normalized spacial score (nSPS) is 15.6. The van der Waals surface area contributed by atoms with Crippen LogP contribution >= 0.6 is 15.2 Å². The van der Waals surface area contributed by atoms with Crippen molar-refractivity contribution in [2.24, 2.45) is 0 Å². The molecule has 0 aliphatic heterocycles. The molecule has 0 bridgehead atoms. The van der Waals surface area contributed by atoms with Crippen LogP contribution in [-0.2, 0) is 18.2 Å². The van der Waals surface area contributed by atoms with Gasteiger partial charge in [-0.25, -0.2) is 0 Å². The third kappa shape index (κ3) is 8.00. The van der Waals surface area contributed by atoms with Crippen LogP contribution in [0.2, 0.25) is 0 Å². The number of rotatable bonds is 13. The average molecular weight is 426 g/mol. The van der Waals surface area contributed by atoms with Crippen LogP contribution in [0.4, 0.5) is 0 Å². The molecule has 0 amide bonds. The lowest BCUT2D eigenvalue weighted by Gasteiger charge is -2.12. The van der Waals surface area contributed by atoms with Gasteiger partial charge in [0.1, 0.15) is 0 Å². The van der Waals surface area contributed by atoms with Crippen molar-refractivity contribution in [1.29, 1.82) is 0 Å². The fraction of sp³-hybridized carbons (Fsp3) is 0.400. The molecule has 0 radical (unpaired) electrons. The summed E-state index contributed by atoms with van der Waals surface area (Å²) < 4.78 is 34.5. The highest BCUT2D eigenvalue weighted by atomic mass is 31.2. The minimum Gasteiger partial charge on any atom is -0.321 e. The molecule has 8 heteroatoms. The van der Waals surface area contributed by atoms with E-state index in [1.807, 2.05) is 0 Å². The molecule has 0 saturated heterocycles. The molecule has 0 heterocycles. The fourth-order valence-corrected chi connectivity index (χ4v) is 4.82. The zero-order chi connectivity index (χ0) is 20.3. The van der Waals surface area contributed by atoms with Crippen molar-refractivity contribution in [3.05, 3.63) is 60.7 Å². The number of hydrogen-bond acceptors (Lipinski definition) is 4. The lowest BCUT2D eigenvalue weighted by atomic mass is 10.1. The van der Waals surface area contributed by atoms with E-state index in [4.69, 9.17) is 9.05 Å². The van der Waals surface area contributed by atoms with E-state index >= 15 is 0 Å². The minimum atomic E-state index is -3.72. The third-order valence-corrected chi connectivity index (χ3v) is 7.20. The monoisotopic (exact) mass is 426 g/mol. The molecule has 0 aliphatic carbocycles. The highest BCUT2D eigenvalue weighted by Crippen LogP contribution is 2.41. The summed E-state index contributed by atoms with van der Waals surface area (Å²) in [7, 11) is -7.45. The first-order valence-electron chi connectivity index (χ1n) is 9.48. The Hall–Kier alpha value is -1.26. The van der Waals surface area contributed by atoms with Crippen LogP contribution in [-0.4, -0.2) is 23.0 Å². The molecule has 2 rings (SSSR count). The standard InChI is InChI=1S/C20H28O6P2/c21-27(22,19-13-7-5-8-14-19)25-17-11-3-1-2-4-12-18-26-28(23,24)20-15-9-6-10-16-20/h5-10,13-16H,1-4,11-12,17-18H2,(H,21,22)(H,23,24). The van der Waals surface area contributed by atoms with E-state index < -0.39 is 15.2 Å². The van der Waals surface area contributed by atoms with Gasteiger partial charge in [-0.1, -0.05) is 62.1 Å². The molecule has 0 saturated carbocycles. The molecule has 2 aromatic rings. The molecule has 0 aromatic heterocycles. The predicted octanol–water partition coefficient (Wildman–Crippen LogP) is 4.38. The van der Waals surface area contributed by atoms with E-state index in [0.29, 0.717) is 23.5 Å². The Labute approximate surface area is 166 Å². The van der Waals surface area contributed by atoms with Crippen molar-refractivity contribution >= 4 is 25.8 Å². The van der Waals surface area contributed by atoms with Crippen LogP contribution in [0.1, 0.15) is 38.5 Å². The Kier molecular flexibility index (Phi) is 9.60. The van der Waals surface area contributed by atoms with Gasteiger partial charge >= 0.3 is 15.2 Å². The van der Waals surface area contributed by atoms with Gasteiger partial charge in [0.05, 0.1) is 23.8 Å². The van der Waals surface area contributed by atoms with Crippen LogP contribution in [0.3, 0.4) is 0 Å². The number of hydrogen-bond donors (Lipinski definition) is 2. The highest BCUT2D eigenvalue weighted by Gasteiger charge is 2.22. The fourth-order valence-electron chi connectivity index (χ4n) is 2.67. The summed E-state index contributed by atoms with van der Waals surface area (Å²) in [6.07, 6.45) is 5.18. The number of unbranched alkanes of at least 4 members (excludes halogenated alkanes) is 5. The first kappa shape index (κ1) is 23.0. The van der Waals surface area contributed by atoms with Gasteiger partial charge in [-0.15, -0.1) is 0 Å². The van der Waals surface area contributed by atoms with Crippen molar-refractivity contribution in [3.8, 4) is 0 Å². The maximum atomic E-state index is 12.1. The molecular formula is C20H28O6P2. The summed E-state index contributed by atoms with van der Waals surface area (Å²) in [4.78, 5) is 19.8. The maximum absolute atomic E-state index is 12.1. The van der Waals surface area contributed by atoms with Crippen LogP contribution in [0, 0.1) is 0 Å². The summed E-state index contributed by atoms with van der Waals surface area (Å²) in [5.41, 5.74) is 0. The Balaban J connectivity index is 1.50. The second-order valence-corrected chi connectivity index (χ2v) is 10.1. The molecular weight excluding hydrogens is 398 g/mol. The van der Waals surface area contributed by atoms with Crippen molar-refractivity contribution in [2.45, 2.75) is 38.5 Å². The zero-order valence-electron chi connectivity index (χ0n) is 15.9. The van der Waals surface area contributed by atoms with Crippen LogP contribution in [0.15, 0.2) is 60.7 Å². The smallest absolute Gasteiger partial charge is 0.321 e. The molecule has 28 heavy (non-hydrogen) atoms. The van der Waals surface area contributed by atoms with Gasteiger partial charge in [0.25, 0.3) is 0 Å². The van der Waals surface area contributed by atoms with E-state index in [1.54, 1.807) is 60.7 Å². The summed E-state index contributed by atoms with van der Waals surface area (Å²) in [5.74, 6) is 0. The molecule has 0 fully saturated rings. The predicted molar refractivity (Wildman–Crippen MR) is 111 cm³/mol. The average Bonchev–Trinajstić information content (AvgIpc) is 2.70. The summed E-state index contributed by atoms with van der Waals surface area (Å²) >= 11 is 0. The van der Waals surface area contributed by atoms with Crippen LogP contribution < -0.4 is 10.6 Å².